The van der Waals surface area contributed by atoms with Crippen molar-refractivity contribution < 1.29 is 27.1 Å². The van der Waals surface area contributed by atoms with E-state index in [1.54, 1.807) is 0 Å². The average molecular weight is 529 g/mol. The fraction of sp³-hybridized carbons (Fsp3) is 0.273. The van der Waals surface area contributed by atoms with Crippen LogP contribution in [0.5, 0.6) is 0 Å². The average Bonchev–Trinajstić information content (AvgIpc) is 3.36. The Balaban J connectivity index is 1.77. The van der Waals surface area contributed by atoms with Gasteiger partial charge in [0.15, 0.2) is 29.7 Å². The molecule has 36 heavy (non-hydrogen) atoms. The standard InChI is InChI=1S/C22H18ClF5N6O2/c1-12(24)19-29-18(30-34(19)16-4-2-3-15(25)9-16)11-33-21(36)32(10-17(35)22(26,27)28)20(31-33)13-5-7-14(23)8-6-13/h2-9,12,17,35H,10-11H2,1H3. The summed E-state index contributed by atoms with van der Waals surface area (Å²) in [4.78, 5) is 17.1. The molecule has 0 spiro atoms. The highest BCUT2D eigenvalue weighted by atomic mass is 35.5. The van der Waals surface area contributed by atoms with Crippen molar-refractivity contribution in [1.82, 2.24) is 29.1 Å². The molecule has 2 unspecified atom stereocenters. The zero-order valence-electron chi connectivity index (χ0n) is 18.5. The van der Waals surface area contributed by atoms with Gasteiger partial charge >= 0.3 is 11.9 Å². The molecule has 2 aromatic carbocycles. The molecule has 4 aromatic rings. The highest BCUT2D eigenvalue weighted by molar-refractivity contribution is 6.30. The maximum absolute atomic E-state index is 14.2. The maximum atomic E-state index is 14.2. The lowest BCUT2D eigenvalue weighted by molar-refractivity contribution is -0.207. The Morgan fingerprint density at radius 3 is 2.42 bits per heavy atom. The van der Waals surface area contributed by atoms with Gasteiger partial charge in [0.05, 0.1) is 12.2 Å². The molecule has 1 N–H and O–H groups in total. The van der Waals surface area contributed by atoms with E-state index in [9.17, 15) is 31.9 Å². The van der Waals surface area contributed by atoms with Crippen LogP contribution >= 0.6 is 11.6 Å². The van der Waals surface area contributed by atoms with E-state index in [1.807, 2.05) is 0 Å². The molecular weight excluding hydrogens is 511 g/mol. The first kappa shape index (κ1) is 25.5. The molecule has 190 valence electrons. The van der Waals surface area contributed by atoms with Gasteiger partial charge in [-0.05, 0) is 49.4 Å². The Bertz CT molecular complexity index is 1430. The topological polar surface area (TPSA) is 90.8 Å². The van der Waals surface area contributed by atoms with Crippen molar-refractivity contribution in [3.05, 3.63) is 81.5 Å². The molecule has 4 rings (SSSR count). The first-order valence-corrected chi connectivity index (χ1v) is 10.9. The third-order valence-electron chi connectivity index (χ3n) is 5.13. The Morgan fingerprint density at radius 1 is 1.11 bits per heavy atom. The molecule has 0 aliphatic heterocycles. The first-order valence-electron chi connectivity index (χ1n) is 10.5. The number of aromatic nitrogens is 6. The van der Waals surface area contributed by atoms with Crippen LogP contribution in [-0.2, 0) is 13.1 Å². The van der Waals surface area contributed by atoms with E-state index in [4.69, 9.17) is 11.6 Å². The minimum Gasteiger partial charge on any atom is -0.382 e. The fourth-order valence-corrected chi connectivity index (χ4v) is 3.55. The molecule has 8 nitrogen and oxygen atoms in total. The van der Waals surface area contributed by atoms with E-state index in [-0.39, 0.29) is 28.7 Å². The third kappa shape index (κ3) is 5.31. The Kier molecular flexibility index (Phi) is 6.96. The summed E-state index contributed by atoms with van der Waals surface area (Å²) in [7, 11) is 0. The van der Waals surface area contributed by atoms with Crippen LogP contribution < -0.4 is 5.69 Å². The lowest BCUT2D eigenvalue weighted by Crippen LogP contribution is -2.37. The fourth-order valence-electron chi connectivity index (χ4n) is 3.42. The maximum Gasteiger partial charge on any atom is 0.416 e. The third-order valence-corrected chi connectivity index (χ3v) is 5.39. The molecule has 0 aliphatic rings. The number of halogens is 6. The number of aliphatic hydroxyl groups excluding tert-OH is 1. The van der Waals surface area contributed by atoms with E-state index in [2.05, 4.69) is 15.2 Å². The summed E-state index contributed by atoms with van der Waals surface area (Å²) < 4.78 is 69.5. The summed E-state index contributed by atoms with van der Waals surface area (Å²) >= 11 is 5.87. The molecule has 0 bridgehead atoms. The van der Waals surface area contributed by atoms with Crippen molar-refractivity contribution in [2.45, 2.75) is 38.5 Å². The normalized spacial score (nSPS) is 13.7. The number of rotatable bonds is 7. The predicted molar refractivity (Wildman–Crippen MR) is 119 cm³/mol. The van der Waals surface area contributed by atoms with Crippen LogP contribution in [0.2, 0.25) is 5.02 Å². The van der Waals surface area contributed by atoms with Gasteiger partial charge in [-0.3, -0.25) is 4.57 Å². The van der Waals surface area contributed by atoms with Gasteiger partial charge in [-0.1, -0.05) is 17.7 Å². The van der Waals surface area contributed by atoms with E-state index in [0.29, 0.717) is 9.59 Å². The van der Waals surface area contributed by atoms with Crippen molar-refractivity contribution in [3.8, 4) is 17.1 Å². The lowest BCUT2D eigenvalue weighted by Gasteiger charge is -2.15. The van der Waals surface area contributed by atoms with E-state index >= 15 is 0 Å². The van der Waals surface area contributed by atoms with Crippen LogP contribution in [0.15, 0.2) is 53.3 Å². The molecule has 0 saturated heterocycles. The lowest BCUT2D eigenvalue weighted by atomic mass is 10.2. The van der Waals surface area contributed by atoms with Crippen LogP contribution in [-0.4, -0.2) is 46.5 Å². The zero-order chi connectivity index (χ0) is 26.2. The Hall–Kier alpha value is -3.58. The van der Waals surface area contributed by atoms with E-state index in [0.717, 1.165) is 15.4 Å². The monoisotopic (exact) mass is 528 g/mol. The molecule has 0 saturated carbocycles. The summed E-state index contributed by atoms with van der Waals surface area (Å²) in [5.41, 5.74) is -0.539. The molecule has 0 aliphatic carbocycles. The van der Waals surface area contributed by atoms with Gasteiger partial charge in [-0.15, -0.1) is 10.2 Å². The predicted octanol–water partition coefficient (Wildman–Crippen LogP) is 4.09. The van der Waals surface area contributed by atoms with Gasteiger partial charge < -0.3 is 5.11 Å². The highest BCUT2D eigenvalue weighted by Gasteiger charge is 2.39. The molecule has 2 aromatic heterocycles. The van der Waals surface area contributed by atoms with Crippen LogP contribution in [0.4, 0.5) is 22.0 Å². The van der Waals surface area contributed by atoms with Crippen molar-refractivity contribution >= 4 is 11.6 Å². The first-order chi connectivity index (χ1) is 16.9. The van der Waals surface area contributed by atoms with Gasteiger partial charge in [-0.25, -0.2) is 27.9 Å². The molecule has 14 heteroatoms. The van der Waals surface area contributed by atoms with E-state index < -0.39 is 43.0 Å². The van der Waals surface area contributed by atoms with Gasteiger partial charge in [0.2, 0.25) is 0 Å². The number of alkyl halides is 4. The summed E-state index contributed by atoms with van der Waals surface area (Å²) in [5, 5.41) is 18.2. The zero-order valence-corrected chi connectivity index (χ0v) is 19.3. The second-order valence-corrected chi connectivity index (χ2v) is 8.27. The summed E-state index contributed by atoms with van der Waals surface area (Å²) in [6, 6.07) is 11.0. The number of hydrogen-bond acceptors (Lipinski definition) is 5. The second kappa shape index (κ2) is 9.82. The van der Waals surface area contributed by atoms with Crippen molar-refractivity contribution in [2.75, 3.05) is 0 Å². The largest absolute Gasteiger partial charge is 0.416 e. The van der Waals surface area contributed by atoms with E-state index in [1.165, 1.54) is 49.4 Å². The van der Waals surface area contributed by atoms with Crippen LogP contribution in [0.3, 0.4) is 0 Å². The summed E-state index contributed by atoms with van der Waals surface area (Å²) in [6.07, 6.45) is -9.42. The SMILES string of the molecule is CC(F)c1nc(Cn2nc(-c3ccc(Cl)cc3)n(CC(O)C(F)(F)F)c2=O)nn1-c1cccc(F)c1. The highest BCUT2D eigenvalue weighted by Crippen LogP contribution is 2.24. The number of nitrogens with zero attached hydrogens (tertiary/aromatic N) is 6. The van der Waals surface area contributed by atoms with Gasteiger partial charge in [0.25, 0.3) is 0 Å². The summed E-state index contributed by atoms with van der Waals surface area (Å²) in [5.74, 6) is -1.02. The smallest absolute Gasteiger partial charge is 0.382 e. The van der Waals surface area contributed by atoms with Crippen LogP contribution in [0, 0.1) is 5.82 Å². The van der Waals surface area contributed by atoms with Crippen LogP contribution in [0.1, 0.15) is 24.7 Å². The van der Waals surface area contributed by atoms with Crippen molar-refractivity contribution in [1.29, 1.82) is 0 Å². The number of hydrogen-bond donors (Lipinski definition) is 1. The van der Waals surface area contributed by atoms with Crippen LogP contribution in [0.25, 0.3) is 17.1 Å². The van der Waals surface area contributed by atoms with Gasteiger partial charge in [-0.2, -0.15) is 13.2 Å². The molecule has 2 atom stereocenters. The molecule has 2 heterocycles. The Morgan fingerprint density at radius 2 is 1.81 bits per heavy atom. The second-order valence-electron chi connectivity index (χ2n) is 7.83. The minimum absolute atomic E-state index is 0.0930. The molecule has 0 fully saturated rings. The minimum atomic E-state index is -4.98. The number of aliphatic hydroxyl groups is 1. The van der Waals surface area contributed by atoms with Crippen molar-refractivity contribution in [2.24, 2.45) is 0 Å². The molecular formula is C22H18ClF5N6O2. The van der Waals surface area contributed by atoms with Gasteiger partial charge in [0, 0.05) is 10.6 Å². The number of benzene rings is 2. The molecule has 0 radical (unpaired) electrons. The quantitative estimate of drug-likeness (QED) is 0.365. The van der Waals surface area contributed by atoms with Gasteiger partial charge in [0.1, 0.15) is 12.4 Å². The van der Waals surface area contributed by atoms with Crippen molar-refractivity contribution in [3.63, 3.8) is 0 Å². The molecule has 0 amide bonds. The summed E-state index contributed by atoms with van der Waals surface area (Å²) in [6.45, 7) is -0.351. The Labute approximate surface area is 205 Å².